The Kier molecular flexibility index (Phi) is 6.32. The minimum absolute atomic E-state index is 0.299. The van der Waals surface area contributed by atoms with E-state index in [0.717, 1.165) is 18.7 Å². The summed E-state index contributed by atoms with van der Waals surface area (Å²) in [6.45, 7) is 7.62. The van der Waals surface area contributed by atoms with Gasteiger partial charge in [0.05, 0.1) is 7.11 Å². The largest absolute Gasteiger partial charge is 0.496 e. The van der Waals surface area contributed by atoms with E-state index in [4.69, 9.17) is 4.74 Å². The van der Waals surface area contributed by atoms with Crippen LogP contribution in [0, 0.1) is 6.92 Å². The first-order valence-electron chi connectivity index (χ1n) is 6.99. The maximum atomic E-state index is 5.48. The van der Waals surface area contributed by atoms with Gasteiger partial charge in [0.2, 0.25) is 0 Å². The highest BCUT2D eigenvalue weighted by atomic mass is 16.5. The Hall–Kier alpha value is -1.06. The molecular weight excluding hydrogens is 236 g/mol. The molecule has 0 amide bonds. The summed E-state index contributed by atoms with van der Waals surface area (Å²) < 4.78 is 5.48. The maximum absolute atomic E-state index is 5.48. The Bertz CT molecular complexity index is 390. The maximum Gasteiger partial charge on any atom is 0.123 e. The van der Waals surface area contributed by atoms with E-state index in [9.17, 15) is 0 Å². The van der Waals surface area contributed by atoms with Gasteiger partial charge in [-0.3, -0.25) is 0 Å². The SMILES string of the molecule is COc1cc(C)ccc1C(C)NC(C)CCN(C)C. The van der Waals surface area contributed by atoms with E-state index in [2.05, 4.69) is 63.3 Å². The van der Waals surface area contributed by atoms with Crippen molar-refractivity contribution < 1.29 is 4.74 Å². The van der Waals surface area contributed by atoms with Gasteiger partial charge in [0.1, 0.15) is 5.75 Å². The molecule has 0 aliphatic rings. The van der Waals surface area contributed by atoms with E-state index in [-0.39, 0.29) is 0 Å². The van der Waals surface area contributed by atoms with Crippen LogP contribution in [0.25, 0.3) is 0 Å². The van der Waals surface area contributed by atoms with Crippen LogP contribution in [-0.2, 0) is 0 Å². The molecule has 0 radical (unpaired) electrons. The number of hydrogen-bond acceptors (Lipinski definition) is 3. The third-order valence-electron chi connectivity index (χ3n) is 3.40. The fourth-order valence-corrected chi connectivity index (χ4v) is 2.23. The van der Waals surface area contributed by atoms with Crippen LogP contribution in [-0.4, -0.2) is 38.7 Å². The molecule has 19 heavy (non-hydrogen) atoms. The third kappa shape index (κ3) is 5.21. The minimum atomic E-state index is 0.299. The molecule has 1 rings (SSSR count). The van der Waals surface area contributed by atoms with Gasteiger partial charge in [-0.05, 0) is 59.5 Å². The molecule has 1 N–H and O–H groups in total. The summed E-state index contributed by atoms with van der Waals surface area (Å²) in [6, 6.07) is 7.18. The van der Waals surface area contributed by atoms with E-state index >= 15 is 0 Å². The van der Waals surface area contributed by atoms with Crippen LogP contribution in [0.5, 0.6) is 5.75 Å². The van der Waals surface area contributed by atoms with Crippen molar-refractivity contribution in [3.05, 3.63) is 29.3 Å². The Morgan fingerprint density at radius 1 is 1.26 bits per heavy atom. The molecule has 0 bridgehead atoms. The number of benzene rings is 1. The first-order valence-corrected chi connectivity index (χ1v) is 6.99. The molecule has 3 heteroatoms. The van der Waals surface area contributed by atoms with Crippen molar-refractivity contribution in [1.82, 2.24) is 10.2 Å². The molecule has 3 nitrogen and oxygen atoms in total. The lowest BCUT2D eigenvalue weighted by Crippen LogP contribution is -2.32. The zero-order valence-electron chi connectivity index (χ0n) is 13.2. The topological polar surface area (TPSA) is 24.5 Å². The summed E-state index contributed by atoms with van der Waals surface area (Å²) in [5, 5.41) is 3.64. The van der Waals surface area contributed by atoms with E-state index < -0.39 is 0 Å². The Labute approximate surface area is 118 Å². The van der Waals surface area contributed by atoms with Gasteiger partial charge in [0.15, 0.2) is 0 Å². The number of aryl methyl sites for hydroxylation is 1. The lowest BCUT2D eigenvalue weighted by atomic mass is 10.0. The van der Waals surface area contributed by atoms with Crippen LogP contribution in [0.15, 0.2) is 18.2 Å². The summed E-state index contributed by atoms with van der Waals surface area (Å²) in [7, 11) is 5.96. The second-order valence-electron chi connectivity index (χ2n) is 5.63. The highest BCUT2D eigenvalue weighted by Gasteiger charge is 2.13. The molecule has 0 aliphatic heterocycles. The average Bonchev–Trinajstić information content (AvgIpc) is 2.35. The van der Waals surface area contributed by atoms with Crippen molar-refractivity contribution in [2.75, 3.05) is 27.7 Å². The van der Waals surface area contributed by atoms with E-state index in [0.29, 0.717) is 12.1 Å². The van der Waals surface area contributed by atoms with Gasteiger partial charge in [-0.1, -0.05) is 12.1 Å². The Morgan fingerprint density at radius 2 is 1.95 bits per heavy atom. The van der Waals surface area contributed by atoms with Gasteiger partial charge in [-0.2, -0.15) is 0 Å². The van der Waals surface area contributed by atoms with Gasteiger partial charge in [-0.25, -0.2) is 0 Å². The van der Waals surface area contributed by atoms with E-state index in [1.807, 2.05) is 0 Å². The number of ether oxygens (including phenoxy) is 1. The number of hydrogen-bond donors (Lipinski definition) is 1. The highest BCUT2D eigenvalue weighted by molar-refractivity contribution is 5.39. The zero-order valence-corrected chi connectivity index (χ0v) is 13.2. The molecule has 1 aromatic carbocycles. The summed E-state index contributed by atoms with van der Waals surface area (Å²) in [6.07, 6.45) is 1.14. The highest BCUT2D eigenvalue weighted by Crippen LogP contribution is 2.26. The van der Waals surface area contributed by atoms with Crippen molar-refractivity contribution in [2.45, 2.75) is 39.3 Å². The summed E-state index contributed by atoms with van der Waals surface area (Å²) >= 11 is 0. The average molecular weight is 264 g/mol. The molecule has 108 valence electrons. The van der Waals surface area contributed by atoms with Crippen LogP contribution in [0.2, 0.25) is 0 Å². The predicted molar refractivity (Wildman–Crippen MR) is 81.9 cm³/mol. The third-order valence-corrected chi connectivity index (χ3v) is 3.40. The molecule has 0 aliphatic carbocycles. The number of nitrogens with zero attached hydrogens (tertiary/aromatic N) is 1. The van der Waals surface area contributed by atoms with Crippen molar-refractivity contribution in [3.63, 3.8) is 0 Å². The molecule has 0 spiro atoms. The first kappa shape index (κ1) is 16.0. The number of rotatable bonds is 7. The Morgan fingerprint density at radius 3 is 2.53 bits per heavy atom. The Balaban J connectivity index is 2.64. The van der Waals surface area contributed by atoms with Crippen LogP contribution in [0.1, 0.15) is 37.4 Å². The quantitative estimate of drug-likeness (QED) is 0.819. The van der Waals surface area contributed by atoms with Crippen molar-refractivity contribution in [3.8, 4) is 5.75 Å². The molecule has 2 atom stereocenters. The molecular formula is C16H28N2O. The monoisotopic (exact) mass is 264 g/mol. The predicted octanol–water partition coefficient (Wildman–Crippen LogP) is 2.99. The normalized spacial score (nSPS) is 14.5. The molecule has 0 saturated heterocycles. The molecule has 0 fully saturated rings. The smallest absolute Gasteiger partial charge is 0.123 e. The lowest BCUT2D eigenvalue weighted by Gasteiger charge is -2.23. The van der Waals surface area contributed by atoms with E-state index in [1.54, 1.807) is 7.11 Å². The molecule has 0 heterocycles. The van der Waals surface area contributed by atoms with E-state index in [1.165, 1.54) is 11.1 Å². The molecule has 0 aromatic heterocycles. The van der Waals surface area contributed by atoms with Crippen LogP contribution in [0.3, 0.4) is 0 Å². The van der Waals surface area contributed by atoms with Gasteiger partial charge in [0.25, 0.3) is 0 Å². The van der Waals surface area contributed by atoms with Gasteiger partial charge in [0, 0.05) is 17.6 Å². The van der Waals surface area contributed by atoms with Crippen molar-refractivity contribution >= 4 is 0 Å². The fourth-order valence-electron chi connectivity index (χ4n) is 2.23. The van der Waals surface area contributed by atoms with Gasteiger partial charge in [-0.15, -0.1) is 0 Å². The minimum Gasteiger partial charge on any atom is -0.496 e. The first-order chi connectivity index (χ1) is 8.93. The molecule has 2 unspecified atom stereocenters. The van der Waals surface area contributed by atoms with Crippen molar-refractivity contribution in [2.24, 2.45) is 0 Å². The molecule has 0 saturated carbocycles. The standard InChI is InChI=1S/C16H28N2O/c1-12-7-8-15(16(11-12)19-6)14(3)17-13(2)9-10-18(4)5/h7-8,11,13-14,17H,9-10H2,1-6H3. The summed E-state index contributed by atoms with van der Waals surface area (Å²) in [4.78, 5) is 2.22. The second kappa shape index (κ2) is 7.51. The summed E-state index contributed by atoms with van der Waals surface area (Å²) in [5.41, 5.74) is 2.46. The summed E-state index contributed by atoms with van der Waals surface area (Å²) in [5.74, 6) is 0.972. The van der Waals surface area contributed by atoms with Crippen LogP contribution >= 0.6 is 0 Å². The number of methoxy groups -OCH3 is 1. The number of nitrogens with one attached hydrogen (secondary N) is 1. The lowest BCUT2D eigenvalue weighted by molar-refractivity contribution is 0.349. The zero-order chi connectivity index (χ0) is 14.4. The van der Waals surface area contributed by atoms with Crippen LogP contribution in [0.4, 0.5) is 0 Å². The van der Waals surface area contributed by atoms with Crippen molar-refractivity contribution in [1.29, 1.82) is 0 Å². The van der Waals surface area contributed by atoms with Crippen LogP contribution < -0.4 is 10.1 Å². The van der Waals surface area contributed by atoms with Gasteiger partial charge >= 0.3 is 0 Å². The molecule has 1 aromatic rings. The van der Waals surface area contributed by atoms with Gasteiger partial charge < -0.3 is 15.0 Å². The second-order valence-corrected chi connectivity index (χ2v) is 5.63. The fraction of sp³-hybridized carbons (Fsp3) is 0.625.